The topological polar surface area (TPSA) is 89.0 Å². The maximum atomic E-state index is 12.8. The van der Waals surface area contributed by atoms with Crippen molar-refractivity contribution < 1.29 is 13.9 Å². The standard InChI is InChI=1S/C22H22N6O3/c1-26-9-10-27(22(29)19-4-3-11-31-19)14-18(26)21-17-7-5-16(13-28(17)25-24-21)15-6-8-20(30-2)23-12-15/h3-8,11-13,18H,9-10,14H2,1-2H3. The van der Waals surface area contributed by atoms with Crippen molar-refractivity contribution in [2.75, 3.05) is 33.8 Å². The van der Waals surface area contributed by atoms with Crippen molar-refractivity contribution in [2.24, 2.45) is 0 Å². The van der Waals surface area contributed by atoms with E-state index in [1.165, 1.54) is 6.26 Å². The van der Waals surface area contributed by atoms with Gasteiger partial charge in [-0.3, -0.25) is 9.69 Å². The minimum atomic E-state index is -0.103. The Kier molecular flexibility index (Phi) is 4.87. The lowest BCUT2D eigenvalue weighted by Crippen LogP contribution is -2.49. The van der Waals surface area contributed by atoms with E-state index in [4.69, 9.17) is 9.15 Å². The fraction of sp³-hybridized carbons (Fsp3) is 0.273. The van der Waals surface area contributed by atoms with Gasteiger partial charge < -0.3 is 14.1 Å². The highest BCUT2D eigenvalue weighted by Crippen LogP contribution is 2.28. The van der Waals surface area contributed by atoms with Crippen LogP contribution in [0.1, 0.15) is 22.3 Å². The van der Waals surface area contributed by atoms with Gasteiger partial charge in [0.25, 0.3) is 5.91 Å². The van der Waals surface area contributed by atoms with E-state index < -0.39 is 0 Å². The zero-order chi connectivity index (χ0) is 21.4. The van der Waals surface area contributed by atoms with Crippen LogP contribution in [0.4, 0.5) is 0 Å². The number of fused-ring (bicyclic) bond motifs is 1. The molecule has 1 saturated heterocycles. The Morgan fingerprint density at radius 2 is 2.03 bits per heavy atom. The number of pyridine rings is 2. The highest BCUT2D eigenvalue weighted by molar-refractivity contribution is 5.91. The molecule has 9 heteroatoms. The first-order chi connectivity index (χ1) is 15.1. The number of hydrogen-bond donors (Lipinski definition) is 0. The minimum Gasteiger partial charge on any atom is -0.481 e. The van der Waals surface area contributed by atoms with Gasteiger partial charge in [0.2, 0.25) is 5.88 Å². The summed E-state index contributed by atoms with van der Waals surface area (Å²) in [6, 6.07) is 11.2. The van der Waals surface area contributed by atoms with Gasteiger partial charge >= 0.3 is 0 Å². The van der Waals surface area contributed by atoms with Crippen molar-refractivity contribution in [3.63, 3.8) is 0 Å². The van der Waals surface area contributed by atoms with Crippen LogP contribution in [0, 0.1) is 0 Å². The lowest BCUT2D eigenvalue weighted by atomic mass is 10.1. The predicted octanol–water partition coefficient (Wildman–Crippen LogP) is 2.52. The summed E-state index contributed by atoms with van der Waals surface area (Å²) >= 11 is 0. The van der Waals surface area contributed by atoms with E-state index >= 15 is 0 Å². The average Bonchev–Trinajstić information content (AvgIpc) is 3.49. The molecule has 4 aromatic rings. The van der Waals surface area contributed by atoms with E-state index in [0.29, 0.717) is 24.7 Å². The zero-order valence-electron chi connectivity index (χ0n) is 17.3. The minimum absolute atomic E-state index is 0.0568. The van der Waals surface area contributed by atoms with Crippen LogP contribution in [-0.2, 0) is 0 Å². The Labute approximate surface area is 178 Å². The van der Waals surface area contributed by atoms with Crippen molar-refractivity contribution >= 4 is 11.4 Å². The smallest absolute Gasteiger partial charge is 0.289 e. The number of nitrogens with zero attached hydrogens (tertiary/aromatic N) is 6. The summed E-state index contributed by atoms with van der Waals surface area (Å²) in [4.78, 5) is 21.0. The van der Waals surface area contributed by atoms with Crippen molar-refractivity contribution in [1.29, 1.82) is 0 Å². The van der Waals surface area contributed by atoms with Gasteiger partial charge in [0.1, 0.15) is 5.69 Å². The average molecular weight is 418 g/mol. The van der Waals surface area contributed by atoms with E-state index in [2.05, 4.69) is 20.2 Å². The summed E-state index contributed by atoms with van der Waals surface area (Å²) in [7, 11) is 3.64. The first-order valence-corrected chi connectivity index (χ1v) is 10.0. The van der Waals surface area contributed by atoms with Crippen LogP contribution in [0.25, 0.3) is 16.6 Å². The van der Waals surface area contributed by atoms with Crippen LogP contribution >= 0.6 is 0 Å². The molecule has 9 nitrogen and oxygen atoms in total. The van der Waals surface area contributed by atoms with E-state index in [1.807, 2.05) is 42.4 Å². The Bertz CT molecular complexity index is 1200. The molecule has 1 unspecified atom stereocenters. The predicted molar refractivity (Wildman–Crippen MR) is 113 cm³/mol. The third kappa shape index (κ3) is 3.53. The molecule has 0 bridgehead atoms. The second-order valence-corrected chi connectivity index (χ2v) is 7.54. The van der Waals surface area contributed by atoms with Gasteiger partial charge in [-0.2, -0.15) is 0 Å². The SMILES string of the molecule is COc1ccc(-c2ccc3c(C4CN(C(=O)c5ccco5)CCN4C)nnn3c2)cn1. The number of aromatic nitrogens is 4. The van der Waals surface area contributed by atoms with Crippen LogP contribution in [0.5, 0.6) is 5.88 Å². The van der Waals surface area contributed by atoms with Crippen molar-refractivity contribution in [2.45, 2.75) is 6.04 Å². The number of carbonyl (C=O) groups is 1. The van der Waals surface area contributed by atoms with Gasteiger partial charge in [-0.15, -0.1) is 5.10 Å². The summed E-state index contributed by atoms with van der Waals surface area (Å²) in [5.74, 6) is 0.824. The molecule has 0 saturated carbocycles. The van der Waals surface area contributed by atoms with Gasteiger partial charge in [-0.1, -0.05) is 11.3 Å². The lowest BCUT2D eigenvalue weighted by Gasteiger charge is -2.38. The third-order valence-electron chi connectivity index (χ3n) is 5.70. The fourth-order valence-electron chi connectivity index (χ4n) is 3.90. The Hall–Kier alpha value is -3.72. The van der Waals surface area contributed by atoms with E-state index in [9.17, 15) is 4.79 Å². The molecule has 31 heavy (non-hydrogen) atoms. The molecular formula is C22H22N6O3. The molecule has 1 aliphatic heterocycles. The largest absolute Gasteiger partial charge is 0.481 e. The normalized spacial score (nSPS) is 17.2. The zero-order valence-corrected chi connectivity index (χ0v) is 17.3. The van der Waals surface area contributed by atoms with E-state index in [1.54, 1.807) is 30.0 Å². The molecule has 0 spiro atoms. The van der Waals surface area contributed by atoms with Gasteiger partial charge in [0.05, 0.1) is 24.9 Å². The van der Waals surface area contributed by atoms with Crippen molar-refractivity contribution in [1.82, 2.24) is 29.6 Å². The Balaban J connectivity index is 1.43. The molecule has 0 N–H and O–H groups in total. The summed E-state index contributed by atoms with van der Waals surface area (Å²) in [5.41, 5.74) is 3.70. The highest BCUT2D eigenvalue weighted by Gasteiger charge is 2.32. The van der Waals surface area contributed by atoms with E-state index in [0.717, 1.165) is 28.9 Å². The molecular weight excluding hydrogens is 396 g/mol. The molecule has 0 aliphatic carbocycles. The molecule has 1 aliphatic rings. The van der Waals surface area contributed by atoms with Crippen LogP contribution < -0.4 is 4.74 Å². The molecule has 4 aromatic heterocycles. The van der Waals surface area contributed by atoms with Crippen molar-refractivity contribution in [3.8, 4) is 17.0 Å². The molecule has 1 amide bonds. The molecule has 158 valence electrons. The number of rotatable bonds is 4. The molecule has 5 rings (SSSR count). The van der Waals surface area contributed by atoms with E-state index in [-0.39, 0.29) is 11.9 Å². The number of ether oxygens (including phenoxy) is 1. The van der Waals surface area contributed by atoms with Gasteiger partial charge in [-0.25, -0.2) is 9.50 Å². The summed E-state index contributed by atoms with van der Waals surface area (Å²) in [5, 5.41) is 8.80. The summed E-state index contributed by atoms with van der Waals surface area (Å²) in [6.45, 7) is 1.90. The number of likely N-dealkylation sites (N-methyl/N-ethyl adjacent to an activating group) is 1. The maximum absolute atomic E-state index is 12.8. The number of carbonyl (C=O) groups excluding carboxylic acids is 1. The molecule has 1 atom stereocenters. The maximum Gasteiger partial charge on any atom is 0.289 e. The van der Waals surface area contributed by atoms with Gasteiger partial charge in [0.15, 0.2) is 5.76 Å². The molecule has 0 aromatic carbocycles. The van der Waals surface area contributed by atoms with Gasteiger partial charge in [-0.05, 0) is 31.3 Å². The fourth-order valence-corrected chi connectivity index (χ4v) is 3.90. The van der Waals surface area contributed by atoms with Crippen molar-refractivity contribution in [3.05, 3.63) is 66.5 Å². The summed E-state index contributed by atoms with van der Waals surface area (Å²) < 4.78 is 12.2. The van der Waals surface area contributed by atoms with Crippen LogP contribution in [0.15, 0.2) is 59.5 Å². The molecule has 5 heterocycles. The quantitative estimate of drug-likeness (QED) is 0.503. The highest BCUT2D eigenvalue weighted by atomic mass is 16.5. The Morgan fingerprint density at radius 1 is 1.16 bits per heavy atom. The number of methoxy groups -OCH3 is 1. The molecule has 1 fully saturated rings. The number of amides is 1. The number of furan rings is 1. The first kappa shape index (κ1) is 19.3. The second kappa shape index (κ2) is 7.84. The third-order valence-corrected chi connectivity index (χ3v) is 5.70. The monoisotopic (exact) mass is 418 g/mol. The molecule has 0 radical (unpaired) electrons. The second-order valence-electron chi connectivity index (χ2n) is 7.54. The lowest BCUT2D eigenvalue weighted by molar-refractivity contribution is 0.0513. The number of piperazine rings is 1. The van der Waals surface area contributed by atoms with Crippen LogP contribution in [0.3, 0.4) is 0 Å². The summed E-state index contributed by atoms with van der Waals surface area (Å²) in [6.07, 6.45) is 5.22. The number of hydrogen-bond acceptors (Lipinski definition) is 7. The van der Waals surface area contributed by atoms with Gasteiger partial charge in [0, 0.05) is 49.2 Å². The van der Waals surface area contributed by atoms with Crippen LogP contribution in [0.2, 0.25) is 0 Å². The Morgan fingerprint density at radius 3 is 2.77 bits per heavy atom. The van der Waals surface area contributed by atoms with Crippen LogP contribution in [-0.4, -0.2) is 69.3 Å². The first-order valence-electron chi connectivity index (χ1n) is 10.0.